The van der Waals surface area contributed by atoms with Gasteiger partial charge in [0.05, 0.1) is 0 Å². The van der Waals surface area contributed by atoms with Gasteiger partial charge in [0.1, 0.15) is 0 Å². The van der Waals surface area contributed by atoms with Gasteiger partial charge in [0, 0.05) is 29.5 Å². The van der Waals surface area contributed by atoms with E-state index in [4.69, 9.17) is 0 Å². The predicted octanol–water partition coefficient (Wildman–Crippen LogP) is 8.97. The molecule has 0 aromatic heterocycles. The average Bonchev–Trinajstić information content (AvgIpc) is 2.89. The van der Waals surface area contributed by atoms with Gasteiger partial charge in [0.2, 0.25) is 0 Å². The van der Waals surface area contributed by atoms with E-state index in [0.717, 1.165) is 43.2 Å². The average molecular weight is 483 g/mol. The fraction of sp³-hybridized carbons (Fsp3) is 0.529. The molecule has 2 saturated heterocycles. The molecule has 2 heteroatoms. The maximum Gasteiger partial charge on any atom is 0.0408 e. The lowest BCUT2D eigenvalue weighted by atomic mass is 9.63. The molecule has 4 aliphatic rings. The molecule has 2 atom stereocenters. The molecule has 6 rings (SSSR count). The first-order chi connectivity index (χ1) is 17.3. The summed E-state index contributed by atoms with van der Waals surface area (Å²) in [5.74, 6) is 2.00. The third-order valence-electron chi connectivity index (χ3n) is 9.96. The number of benzene rings is 2. The number of hydrogen-bond donors (Lipinski definition) is 0. The van der Waals surface area contributed by atoms with E-state index < -0.39 is 0 Å². The van der Waals surface area contributed by atoms with Crippen molar-refractivity contribution in [3.05, 3.63) is 79.0 Å². The van der Waals surface area contributed by atoms with Crippen LogP contribution in [0.5, 0.6) is 0 Å². The predicted molar refractivity (Wildman–Crippen MR) is 157 cm³/mol. The van der Waals surface area contributed by atoms with Crippen molar-refractivity contribution in [1.29, 1.82) is 0 Å². The van der Waals surface area contributed by atoms with Crippen molar-refractivity contribution in [2.24, 2.45) is 11.8 Å². The second-order valence-electron chi connectivity index (χ2n) is 12.3. The molecule has 2 nitrogen and oxygen atoms in total. The van der Waals surface area contributed by atoms with Gasteiger partial charge in [-0.2, -0.15) is 0 Å². The highest BCUT2D eigenvalue weighted by Crippen LogP contribution is 2.50. The van der Waals surface area contributed by atoms with Crippen LogP contribution in [0.25, 0.3) is 5.57 Å². The molecule has 4 fully saturated rings. The Labute approximate surface area is 220 Å². The lowest BCUT2D eigenvalue weighted by Gasteiger charge is -2.57. The van der Waals surface area contributed by atoms with E-state index in [0.29, 0.717) is 6.04 Å². The highest BCUT2D eigenvalue weighted by atomic mass is 15.2. The van der Waals surface area contributed by atoms with Gasteiger partial charge in [-0.05, 0) is 123 Å². The lowest BCUT2D eigenvalue weighted by molar-refractivity contribution is 0.0900. The van der Waals surface area contributed by atoms with Crippen molar-refractivity contribution in [3.63, 3.8) is 0 Å². The Balaban J connectivity index is 1.28. The summed E-state index contributed by atoms with van der Waals surface area (Å²) < 4.78 is 0. The minimum absolute atomic E-state index is 0.0641. The highest BCUT2D eigenvalue weighted by molar-refractivity contribution is 5.67. The first-order valence-corrected chi connectivity index (χ1v) is 14.4. The van der Waals surface area contributed by atoms with Crippen molar-refractivity contribution >= 4 is 16.9 Å². The van der Waals surface area contributed by atoms with Crippen LogP contribution in [0.3, 0.4) is 0 Å². The van der Waals surface area contributed by atoms with Crippen molar-refractivity contribution in [2.75, 3.05) is 9.80 Å². The minimum Gasteiger partial charge on any atom is -0.366 e. The fourth-order valence-corrected chi connectivity index (χ4v) is 7.60. The Morgan fingerprint density at radius 3 is 2.06 bits per heavy atom. The number of rotatable bonds is 10. The van der Waals surface area contributed by atoms with Gasteiger partial charge in [-0.3, -0.25) is 0 Å². The molecule has 36 heavy (non-hydrogen) atoms. The SMILES string of the molecule is C=CN(c1ccc(C(C)(CC)CC(=C)c2ccc(N3C4CC5CC(C4)CC3C5)cc2)cc1)C(C)CC. The molecule has 0 N–H and O–H groups in total. The quantitative estimate of drug-likeness (QED) is 0.333. The first kappa shape index (κ1) is 25.2. The van der Waals surface area contributed by atoms with E-state index in [1.807, 2.05) is 6.20 Å². The van der Waals surface area contributed by atoms with E-state index in [-0.39, 0.29) is 5.41 Å². The van der Waals surface area contributed by atoms with Gasteiger partial charge < -0.3 is 9.80 Å². The zero-order valence-corrected chi connectivity index (χ0v) is 23.0. The van der Waals surface area contributed by atoms with Crippen molar-refractivity contribution < 1.29 is 0 Å². The number of allylic oxidation sites excluding steroid dienone is 1. The Hall–Kier alpha value is -2.48. The Kier molecular flexibility index (Phi) is 7.07. The smallest absolute Gasteiger partial charge is 0.0408 e. The van der Waals surface area contributed by atoms with Crippen LogP contribution >= 0.6 is 0 Å². The normalized spacial score (nSPS) is 26.9. The van der Waals surface area contributed by atoms with Gasteiger partial charge >= 0.3 is 0 Å². The van der Waals surface area contributed by atoms with Gasteiger partial charge in [-0.15, -0.1) is 0 Å². The minimum atomic E-state index is 0.0641. The van der Waals surface area contributed by atoms with E-state index in [1.54, 1.807) is 0 Å². The van der Waals surface area contributed by atoms with Crippen molar-refractivity contribution in [1.82, 2.24) is 0 Å². The first-order valence-electron chi connectivity index (χ1n) is 14.4. The van der Waals surface area contributed by atoms with Crippen LogP contribution in [-0.4, -0.2) is 18.1 Å². The number of hydrogen-bond acceptors (Lipinski definition) is 2. The topological polar surface area (TPSA) is 6.48 Å². The standard InChI is InChI=1S/C34H46N2/c1-7-25(5)35(9-3)30-16-12-29(13-17-30)34(6,8-2)23-24(4)28-10-14-31(15-11-28)36-32-19-26-18-27(21-32)22-33(36)20-26/h9-17,25-27,32-33H,3-4,7-8,18-23H2,1-2,5-6H3. The Morgan fingerprint density at radius 1 is 0.972 bits per heavy atom. The molecule has 2 saturated carbocycles. The molecule has 4 bridgehead atoms. The molecular formula is C34H46N2. The van der Waals surface area contributed by atoms with E-state index in [2.05, 4.69) is 99.2 Å². The van der Waals surface area contributed by atoms with Crippen LogP contribution in [0.4, 0.5) is 11.4 Å². The van der Waals surface area contributed by atoms with Gasteiger partial charge in [0.15, 0.2) is 0 Å². The summed E-state index contributed by atoms with van der Waals surface area (Å²) in [7, 11) is 0. The zero-order valence-electron chi connectivity index (χ0n) is 23.0. The Bertz CT molecular complexity index is 1040. The number of anilines is 2. The van der Waals surface area contributed by atoms with Crippen LogP contribution in [0, 0.1) is 11.8 Å². The van der Waals surface area contributed by atoms with E-state index >= 15 is 0 Å². The van der Waals surface area contributed by atoms with Gasteiger partial charge in [0.25, 0.3) is 0 Å². The van der Waals surface area contributed by atoms with Crippen molar-refractivity contribution in [3.8, 4) is 0 Å². The molecule has 0 radical (unpaired) electrons. The molecule has 2 aromatic carbocycles. The molecule has 2 heterocycles. The third-order valence-corrected chi connectivity index (χ3v) is 9.96. The van der Waals surface area contributed by atoms with E-state index in [9.17, 15) is 0 Å². The number of nitrogens with zero attached hydrogens (tertiary/aromatic N) is 2. The summed E-state index contributed by atoms with van der Waals surface area (Å²) in [6, 6.07) is 20.6. The zero-order chi connectivity index (χ0) is 25.4. The third kappa shape index (κ3) is 4.64. The van der Waals surface area contributed by atoms with Gasteiger partial charge in [-0.25, -0.2) is 0 Å². The van der Waals surface area contributed by atoms with Gasteiger partial charge in [-0.1, -0.05) is 58.2 Å². The second kappa shape index (κ2) is 10.1. The van der Waals surface area contributed by atoms with Crippen molar-refractivity contribution in [2.45, 2.75) is 103 Å². The second-order valence-corrected chi connectivity index (χ2v) is 12.3. The molecule has 192 valence electrons. The Morgan fingerprint density at radius 2 is 1.56 bits per heavy atom. The fourth-order valence-electron chi connectivity index (χ4n) is 7.60. The summed E-state index contributed by atoms with van der Waals surface area (Å²) in [5.41, 5.74) is 6.63. The summed E-state index contributed by atoms with van der Waals surface area (Å²) in [6.07, 6.45) is 12.3. The molecule has 2 aliphatic heterocycles. The van der Waals surface area contributed by atoms with Crippen LogP contribution < -0.4 is 9.80 Å². The molecular weight excluding hydrogens is 436 g/mol. The largest absolute Gasteiger partial charge is 0.366 e. The molecule has 0 spiro atoms. The van der Waals surface area contributed by atoms with Crippen LogP contribution in [0.1, 0.15) is 90.2 Å². The highest BCUT2D eigenvalue weighted by Gasteiger charge is 2.46. The molecule has 0 amide bonds. The molecule has 2 unspecified atom stereocenters. The summed E-state index contributed by atoms with van der Waals surface area (Å²) in [6.45, 7) is 17.8. The summed E-state index contributed by atoms with van der Waals surface area (Å²) >= 11 is 0. The summed E-state index contributed by atoms with van der Waals surface area (Å²) in [5, 5.41) is 0. The van der Waals surface area contributed by atoms with Crippen LogP contribution in [0.2, 0.25) is 0 Å². The number of piperidine rings is 2. The monoisotopic (exact) mass is 482 g/mol. The van der Waals surface area contributed by atoms with Crippen LogP contribution in [-0.2, 0) is 5.41 Å². The summed E-state index contributed by atoms with van der Waals surface area (Å²) in [4.78, 5) is 5.05. The molecule has 2 aromatic rings. The maximum absolute atomic E-state index is 4.56. The van der Waals surface area contributed by atoms with E-state index in [1.165, 1.54) is 60.2 Å². The van der Waals surface area contributed by atoms with Crippen LogP contribution in [0.15, 0.2) is 67.9 Å². The maximum atomic E-state index is 4.56. The lowest BCUT2D eigenvalue weighted by Crippen LogP contribution is -2.58. The molecule has 2 aliphatic carbocycles.